The average molecular weight is 259 g/mol. The number of urea groups is 1. The summed E-state index contributed by atoms with van der Waals surface area (Å²) in [6, 6.07) is -2.17. The van der Waals surface area contributed by atoms with Crippen molar-refractivity contribution in [1.82, 2.24) is 15.5 Å². The largest absolute Gasteiger partial charge is 0.480 e. The van der Waals surface area contributed by atoms with Gasteiger partial charge < -0.3 is 16.2 Å². The van der Waals surface area contributed by atoms with Gasteiger partial charge in [-0.1, -0.05) is 11.3 Å². The number of carbonyl (C=O) groups excluding carboxylic acids is 2. The van der Waals surface area contributed by atoms with E-state index in [1.165, 1.54) is 5.51 Å². The summed E-state index contributed by atoms with van der Waals surface area (Å²) in [7, 11) is 0. The van der Waals surface area contributed by atoms with Crippen LogP contribution in [0.25, 0.3) is 0 Å². The summed E-state index contributed by atoms with van der Waals surface area (Å²) < 4.78 is 0. The summed E-state index contributed by atoms with van der Waals surface area (Å²) in [4.78, 5) is 32.6. The van der Waals surface area contributed by atoms with Crippen LogP contribution in [0.3, 0.4) is 0 Å². The van der Waals surface area contributed by atoms with E-state index in [1.54, 1.807) is 0 Å². The van der Waals surface area contributed by atoms with Gasteiger partial charge in [0.25, 0.3) is 0 Å². The van der Waals surface area contributed by atoms with Gasteiger partial charge in [0.05, 0.1) is 6.42 Å². The Labute approximate surface area is 99.0 Å². The number of rotatable bonds is 5. The Morgan fingerprint density at radius 2 is 2.24 bits per heavy atom. The van der Waals surface area contributed by atoms with Crippen LogP contribution in [0.15, 0.2) is 5.51 Å². The zero-order valence-electron chi connectivity index (χ0n) is 8.41. The van der Waals surface area contributed by atoms with Gasteiger partial charge >= 0.3 is 12.0 Å². The molecule has 3 amide bonds. The second-order valence-corrected chi connectivity index (χ2v) is 3.74. The number of primary amides is 1. The van der Waals surface area contributed by atoms with E-state index < -0.39 is 30.4 Å². The molecule has 0 aromatic carbocycles. The van der Waals surface area contributed by atoms with Crippen molar-refractivity contribution in [3.05, 3.63) is 5.51 Å². The maximum absolute atomic E-state index is 11.3. The Balaban J connectivity index is 2.52. The molecule has 9 nitrogen and oxygen atoms in total. The third kappa shape index (κ3) is 4.42. The van der Waals surface area contributed by atoms with Crippen molar-refractivity contribution in [1.29, 1.82) is 0 Å². The van der Waals surface area contributed by atoms with E-state index in [4.69, 9.17) is 10.8 Å². The Hall–Kier alpha value is -2.23. The number of carboxylic acid groups (broad SMARTS) is 1. The van der Waals surface area contributed by atoms with E-state index in [2.05, 4.69) is 20.8 Å². The minimum Gasteiger partial charge on any atom is -0.480 e. The number of anilines is 1. The molecule has 0 spiro atoms. The van der Waals surface area contributed by atoms with Crippen LogP contribution in [0.1, 0.15) is 6.42 Å². The van der Waals surface area contributed by atoms with Gasteiger partial charge in [-0.3, -0.25) is 10.1 Å². The normalized spacial score (nSPS) is 11.5. The summed E-state index contributed by atoms with van der Waals surface area (Å²) in [6.07, 6.45) is -0.487. The van der Waals surface area contributed by atoms with Crippen LogP contribution in [0, 0.1) is 0 Å². The maximum atomic E-state index is 11.3. The van der Waals surface area contributed by atoms with E-state index in [1.807, 2.05) is 0 Å². The third-order valence-corrected chi connectivity index (χ3v) is 2.20. The molecule has 0 radical (unpaired) electrons. The lowest BCUT2D eigenvalue weighted by Crippen LogP contribution is -2.45. The fourth-order valence-corrected chi connectivity index (χ4v) is 1.36. The van der Waals surface area contributed by atoms with Gasteiger partial charge in [0.2, 0.25) is 11.0 Å². The molecule has 1 aromatic rings. The number of carboxylic acids is 1. The molecule has 5 N–H and O–H groups in total. The van der Waals surface area contributed by atoms with Gasteiger partial charge in [-0.2, -0.15) is 0 Å². The van der Waals surface area contributed by atoms with Gasteiger partial charge in [-0.15, -0.1) is 10.2 Å². The number of amides is 3. The predicted molar refractivity (Wildman–Crippen MR) is 57.3 cm³/mol. The van der Waals surface area contributed by atoms with Crippen LogP contribution >= 0.6 is 11.3 Å². The van der Waals surface area contributed by atoms with Crippen LogP contribution in [-0.2, 0) is 9.59 Å². The lowest BCUT2D eigenvalue weighted by Gasteiger charge is -2.12. The van der Waals surface area contributed by atoms with Crippen molar-refractivity contribution in [2.24, 2.45) is 5.73 Å². The van der Waals surface area contributed by atoms with Crippen molar-refractivity contribution < 1.29 is 19.5 Å². The molecule has 0 aliphatic heterocycles. The second kappa shape index (κ2) is 5.75. The molecule has 0 bridgehead atoms. The Morgan fingerprint density at radius 1 is 1.53 bits per heavy atom. The summed E-state index contributed by atoms with van der Waals surface area (Å²) in [6.45, 7) is 0. The Morgan fingerprint density at radius 3 is 2.71 bits per heavy atom. The van der Waals surface area contributed by atoms with Crippen molar-refractivity contribution in [3.8, 4) is 0 Å². The Kier molecular flexibility index (Phi) is 4.34. The fourth-order valence-electron chi connectivity index (χ4n) is 0.920. The van der Waals surface area contributed by atoms with Crippen molar-refractivity contribution in [2.75, 3.05) is 5.32 Å². The van der Waals surface area contributed by atoms with Gasteiger partial charge in [0.1, 0.15) is 11.6 Å². The van der Waals surface area contributed by atoms with Crippen LogP contribution in [0.2, 0.25) is 0 Å². The van der Waals surface area contributed by atoms with Crippen molar-refractivity contribution in [3.63, 3.8) is 0 Å². The smallest absolute Gasteiger partial charge is 0.326 e. The molecule has 0 fully saturated rings. The standard InChI is InChI=1S/C7H9N5O4S/c8-4(13)1-3(5(14)15)10-6(16)11-7-12-9-2-17-7/h2-3H,1H2,(H2,8,13)(H,14,15)(H2,10,11,12,16)/t3-/m1/s1. The van der Waals surface area contributed by atoms with E-state index >= 15 is 0 Å². The lowest BCUT2D eigenvalue weighted by molar-refractivity contribution is -0.140. The minimum absolute atomic E-state index is 0.214. The van der Waals surface area contributed by atoms with E-state index in [0.29, 0.717) is 0 Å². The topological polar surface area (TPSA) is 147 Å². The first kappa shape index (κ1) is 12.8. The Bertz CT molecular complexity index is 420. The molecule has 0 aliphatic carbocycles. The molecule has 10 heteroatoms. The number of hydrogen-bond donors (Lipinski definition) is 4. The monoisotopic (exact) mass is 259 g/mol. The molecular weight excluding hydrogens is 250 g/mol. The molecular formula is C7H9N5O4S. The van der Waals surface area contributed by atoms with Crippen LogP contribution in [-0.4, -0.2) is 39.3 Å². The molecule has 17 heavy (non-hydrogen) atoms. The first-order chi connectivity index (χ1) is 7.99. The first-order valence-electron chi connectivity index (χ1n) is 4.34. The van der Waals surface area contributed by atoms with Crippen LogP contribution < -0.4 is 16.4 Å². The zero-order chi connectivity index (χ0) is 12.8. The molecule has 1 atom stereocenters. The highest BCUT2D eigenvalue weighted by Gasteiger charge is 2.22. The first-order valence-corrected chi connectivity index (χ1v) is 5.22. The van der Waals surface area contributed by atoms with Crippen molar-refractivity contribution >= 4 is 34.4 Å². The van der Waals surface area contributed by atoms with Gasteiger partial charge in [0.15, 0.2) is 0 Å². The highest BCUT2D eigenvalue weighted by Crippen LogP contribution is 2.07. The number of aromatic nitrogens is 2. The number of nitrogens with two attached hydrogens (primary N) is 1. The number of nitrogens with zero attached hydrogens (tertiary/aromatic N) is 2. The second-order valence-electron chi connectivity index (χ2n) is 2.90. The number of aliphatic carboxylic acids is 1. The molecule has 92 valence electrons. The summed E-state index contributed by atoms with van der Waals surface area (Å²) >= 11 is 1.07. The van der Waals surface area contributed by atoms with Gasteiger partial charge in [-0.05, 0) is 0 Å². The van der Waals surface area contributed by atoms with Crippen LogP contribution in [0.4, 0.5) is 9.93 Å². The maximum Gasteiger partial charge on any atom is 0.326 e. The van der Waals surface area contributed by atoms with E-state index in [0.717, 1.165) is 11.3 Å². The number of hydrogen-bond acceptors (Lipinski definition) is 6. The SMILES string of the molecule is NC(=O)C[C@@H](NC(=O)Nc1nncs1)C(=O)O. The van der Waals surface area contributed by atoms with Gasteiger partial charge in [0, 0.05) is 0 Å². The van der Waals surface area contributed by atoms with E-state index in [-0.39, 0.29) is 5.13 Å². The summed E-state index contributed by atoms with van der Waals surface area (Å²) in [5, 5.41) is 20.3. The summed E-state index contributed by atoms with van der Waals surface area (Å²) in [5.41, 5.74) is 6.25. The molecule has 0 saturated heterocycles. The quantitative estimate of drug-likeness (QED) is 0.532. The molecule has 1 rings (SSSR count). The average Bonchev–Trinajstić information content (AvgIpc) is 2.68. The predicted octanol–water partition coefficient (Wildman–Crippen LogP) is -1.01. The molecule has 0 saturated carbocycles. The summed E-state index contributed by atoms with van der Waals surface area (Å²) in [5.74, 6) is -2.18. The molecule has 1 heterocycles. The molecule has 1 aromatic heterocycles. The number of carbonyl (C=O) groups is 3. The fraction of sp³-hybridized carbons (Fsp3) is 0.286. The van der Waals surface area contributed by atoms with Gasteiger partial charge in [-0.25, -0.2) is 9.59 Å². The highest BCUT2D eigenvalue weighted by molar-refractivity contribution is 7.13. The molecule has 0 unspecified atom stereocenters. The van der Waals surface area contributed by atoms with E-state index in [9.17, 15) is 14.4 Å². The highest BCUT2D eigenvalue weighted by atomic mass is 32.1. The van der Waals surface area contributed by atoms with Crippen molar-refractivity contribution in [2.45, 2.75) is 12.5 Å². The van der Waals surface area contributed by atoms with Crippen LogP contribution in [0.5, 0.6) is 0 Å². The minimum atomic E-state index is -1.37. The number of nitrogens with one attached hydrogen (secondary N) is 2. The zero-order valence-corrected chi connectivity index (χ0v) is 9.23. The molecule has 0 aliphatic rings. The lowest BCUT2D eigenvalue weighted by atomic mass is 10.2. The third-order valence-electron chi connectivity index (χ3n) is 1.59.